The lowest BCUT2D eigenvalue weighted by molar-refractivity contribution is -0.142. The van der Waals surface area contributed by atoms with Gasteiger partial charge in [-0.2, -0.15) is 0 Å². The van der Waals surface area contributed by atoms with Crippen LogP contribution < -0.4 is 20.7 Å². The van der Waals surface area contributed by atoms with Crippen LogP contribution in [0.1, 0.15) is 50.0 Å². The molecule has 1 aromatic heterocycles. The van der Waals surface area contributed by atoms with Crippen LogP contribution in [0.25, 0.3) is 0 Å². The fourth-order valence-corrected chi connectivity index (χ4v) is 4.74. The molecule has 0 radical (unpaired) electrons. The monoisotopic (exact) mass is 594 g/mol. The van der Waals surface area contributed by atoms with E-state index in [2.05, 4.69) is 20.9 Å². The minimum absolute atomic E-state index is 0.00700. The summed E-state index contributed by atoms with van der Waals surface area (Å²) in [5.74, 6) is -2.31. The minimum atomic E-state index is -0.941. The normalized spacial score (nSPS) is 20.9. The predicted octanol–water partition coefficient (Wildman–Crippen LogP) is 1.16. The molecule has 0 aliphatic carbocycles. The second kappa shape index (κ2) is 15.7. The number of carbonyl (C=O) groups excluding carboxylic acids is 5. The number of aromatic nitrogens is 1. The predicted molar refractivity (Wildman–Crippen MR) is 160 cm³/mol. The molecule has 0 bridgehead atoms. The maximum Gasteiger partial charge on any atom is 0.259 e. The fourth-order valence-electron chi connectivity index (χ4n) is 4.74. The van der Waals surface area contributed by atoms with Crippen molar-refractivity contribution in [3.05, 3.63) is 59.8 Å². The van der Waals surface area contributed by atoms with Crippen LogP contribution in [-0.4, -0.2) is 95.7 Å². The number of nitrogens with zero attached hydrogens (tertiary/aromatic N) is 3. The third-order valence-electron chi connectivity index (χ3n) is 7.15. The average molecular weight is 595 g/mol. The lowest BCUT2D eigenvalue weighted by Crippen LogP contribution is -2.57. The van der Waals surface area contributed by atoms with Gasteiger partial charge in [0.15, 0.2) is 0 Å². The molecule has 2 aromatic rings. The summed E-state index contributed by atoms with van der Waals surface area (Å²) in [7, 11) is 1.49. The molecule has 0 spiro atoms. The van der Waals surface area contributed by atoms with E-state index >= 15 is 0 Å². The quantitative estimate of drug-likeness (QED) is 0.435. The topological polar surface area (TPSA) is 150 Å². The Labute approximate surface area is 252 Å². The van der Waals surface area contributed by atoms with Crippen molar-refractivity contribution in [1.82, 2.24) is 30.7 Å². The zero-order valence-electron chi connectivity index (χ0n) is 25.5. The number of rotatable bonds is 7. The van der Waals surface area contributed by atoms with Crippen molar-refractivity contribution >= 4 is 29.5 Å². The van der Waals surface area contributed by atoms with E-state index in [9.17, 15) is 24.0 Å². The smallest absolute Gasteiger partial charge is 0.259 e. The van der Waals surface area contributed by atoms with Gasteiger partial charge in [0.1, 0.15) is 23.7 Å². The van der Waals surface area contributed by atoms with Gasteiger partial charge in [-0.25, -0.2) is 4.98 Å². The molecule has 5 amide bonds. The van der Waals surface area contributed by atoms with Crippen molar-refractivity contribution in [2.45, 2.75) is 58.7 Å². The Hall–Kier alpha value is -4.48. The Bertz CT molecular complexity index is 1290. The Morgan fingerprint density at radius 2 is 1.74 bits per heavy atom. The molecule has 12 heteroatoms. The molecule has 232 valence electrons. The first-order valence-electron chi connectivity index (χ1n) is 14.6. The first-order chi connectivity index (χ1) is 20.5. The highest BCUT2D eigenvalue weighted by atomic mass is 16.5. The van der Waals surface area contributed by atoms with Gasteiger partial charge >= 0.3 is 0 Å². The molecule has 1 aliphatic rings. The molecule has 3 rings (SSSR count). The summed E-state index contributed by atoms with van der Waals surface area (Å²) in [6.45, 7) is 7.07. The SMILES string of the molecule is CCOc1ncccc1C(=O)N1CCNC(=O)[C@H](Cc2ccccc2)NC(=O)[C@H](C)N(C)C(=O)[C@H](CC(C)C)NC(=O)C1. The van der Waals surface area contributed by atoms with Crippen molar-refractivity contribution in [3.63, 3.8) is 0 Å². The number of nitrogens with one attached hydrogen (secondary N) is 3. The number of hydrogen-bond donors (Lipinski definition) is 3. The summed E-state index contributed by atoms with van der Waals surface area (Å²) in [6, 6.07) is 9.61. The highest BCUT2D eigenvalue weighted by molar-refractivity contribution is 5.99. The molecule has 43 heavy (non-hydrogen) atoms. The standard InChI is InChI=1S/C31H42N6O6/c1-6-43-29-23(13-10-14-33-29)30(41)37-16-15-32-28(40)24(18-22-11-8-7-9-12-22)35-27(39)21(4)36(5)31(42)25(17-20(2)3)34-26(38)19-37/h7-14,20-21,24-25H,6,15-19H2,1-5H3,(H,32,40)(H,34,38)(H,35,39)/t21-,24-,25-/m0/s1. The van der Waals surface area contributed by atoms with Gasteiger partial charge < -0.3 is 30.5 Å². The lowest BCUT2D eigenvalue weighted by Gasteiger charge is -2.30. The highest BCUT2D eigenvalue weighted by Gasteiger charge is 2.33. The second-order valence-electron chi connectivity index (χ2n) is 10.9. The number of pyridine rings is 1. The molecule has 0 unspecified atom stereocenters. The van der Waals surface area contributed by atoms with E-state index in [1.54, 1.807) is 26.0 Å². The van der Waals surface area contributed by atoms with Crippen molar-refractivity contribution in [2.75, 3.05) is 33.3 Å². The van der Waals surface area contributed by atoms with E-state index in [-0.39, 0.29) is 50.0 Å². The van der Waals surface area contributed by atoms with Gasteiger partial charge in [-0.3, -0.25) is 24.0 Å². The molecule has 1 saturated heterocycles. The van der Waals surface area contributed by atoms with E-state index in [0.717, 1.165) is 5.56 Å². The first-order valence-corrected chi connectivity index (χ1v) is 14.6. The van der Waals surface area contributed by atoms with Crippen LogP contribution in [0.4, 0.5) is 0 Å². The largest absolute Gasteiger partial charge is 0.477 e. The summed E-state index contributed by atoms with van der Waals surface area (Å²) in [5, 5.41) is 8.36. The Balaban J connectivity index is 1.96. The third kappa shape index (κ3) is 9.25. The summed E-state index contributed by atoms with van der Waals surface area (Å²) >= 11 is 0. The average Bonchev–Trinajstić information content (AvgIpc) is 2.98. The van der Waals surface area contributed by atoms with Crippen LogP contribution in [0, 0.1) is 5.92 Å². The number of likely N-dealkylation sites (N-methyl/N-ethyl adjacent to an activating group) is 1. The summed E-state index contributed by atoms with van der Waals surface area (Å²) in [4.78, 5) is 73.9. The van der Waals surface area contributed by atoms with Crippen LogP contribution in [-0.2, 0) is 25.6 Å². The molecule has 1 fully saturated rings. The summed E-state index contributed by atoms with van der Waals surface area (Å²) in [6.07, 6.45) is 2.04. The molecule has 1 aliphatic heterocycles. The molecule has 12 nitrogen and oxygen atoms in total. The number of hydrogen-bond acceptors (Lipinski definition) is 7. The van der Waals surface area contributed by atoms with Gasteiger partial charge in [-0.1, -0.05) is 44.2 Å². The molecular formula is C31H42N6O6. The highest BCUT2D eigenvalue weighted by Crippen LogP contribution is 2.17. The molecule has 1 aromatic carbocycles. The Morgan fingerprint density at radius 3 is 2.42 bits per heavy atom. The number of amides is 5. The third-order valence-corrected chi connectivity index (χ3v) is 7.15. The van der Waals surface area contributed by atoms with E-state index in [4.69, 9.17) is 4.74 Å². The van der Waals surface area contributed by atoms with Crippen LogP contribution in [0.3, 0.4) is 0 Å². The van der Waals surface area contributed by atoms with Crippen LogP contribution in [0.2, 0.25) is 0 Å². The summed E-state index contributed by atoms with van der Waals surface area (Å²) in [5.41, 5.74) is 1.00. The Kier molecular flexibility index (Phi) is 12.0. The van der Waals surface area contributed by atoms with Gasteiger partial charge in [0.25, 0.3) is 5.91 Å². The van der Waals surface area contributed by atoms with Crippen LogP contribution in [0.15, 0.2) is 48.7 Å². The number of carbonyl (C=O) groups is 5. The summed E-state index contributed by atoms with van der Waals surface area (Å²) < 4.78 is 5.53. The maximum atomic E-state index is 13.7. The fraction of sp³-hybridized carbons (Fsp3) is 0.484. The number of benzene rings is 1. The minimum Gasteiger partial charge on any atom is -0.477 e. The lowest BCUT2D eigenvalue weighted by atomic mass is 10.0. The van der Waals surface area contributed by atoms with Gasteiger partial charge in [-0.15, -0.1) is 0 Å². The molecule has 2 heterocycles. The van der Waals surface area contributed by atoms with Gasteiger partial charge in [0, 0.05) is 32.8 Å². The number of ether oxygens (including phenoxy) is 1. The van der Waals surface area contributed by atoms with Gasteiger partial charge in [-0.05, 0) is 43.9 Å². The van der Waals surface area contributed by atoms with E-state index < -0.39 is 47.7 Å². The van der Waals surface area contributed by atoms with Crippen LogP contribution >= 0.6 is 0 Å². The van der Waals surface area contributed by atoms with E-state index in [1.165, 1.54) is 23.0 Å². The van der Waals surface area contributed by atoms with Crippen molar-refractivity contribution < 1.29 is 28.7 Å². The molecule has 0 saturated carbocycles. The Morgan fingerprint density at radius 1 is 1.02 bits per heavy atom. The maximum absolute atomic E-state index is 13.7. The van der Waals surface area contributed by atoms with Crippen LogP contribution in [0.5, 0.6) is 5.88 Å². The van der Waals surface area contributed by atoms with Crippen molar-refractivity contribution in [3.8, 4) is 5.88 Å². The zero-order chi connectivity index (χ0) is 31.5. The van der Waals surface area contributed by atoms with Gasteiger partial charge in [0.05, 0.1) is 13.2 Å². The molecular weight excluding hydrogens is 552 g/mol. The van der Waals surface area contributed by atoms with E-state index in [0.29, 0.717) is 6.42 Å². The zero-order valence-corrected chi connectivity index (χ0v) is 25.5. The molecule has 3 atom stereocenters. The van der Waals surface area contributed by atoms with Gasteiger partial charge in [0.2, 0.25) is 29.5 Å². The first kappa shape index (κ1) is 33.0. The second-order valence-corrected chi connectivity index (χ2v) is 10.9. The molecule has 3 N–H and O–H groups in total. The van der Waals surface area contributed by atoms with Crippen molar-refractivity contribution in [2.24, 2.45) is 5.92 Å². The van der Waals surface area contributed by atoms with E-state index in [1.807, 2.05) is 44.2 Å². The van der Waals surface area contributed by atoms with Crippen molar-refractivity contribution in [1.29, 1.82) is 0 Å².